The number of azo groups is 1. The van der Waals surface area contributed by atoms with Gasteiger partial charge in [-0.3, -0.25) is 0 Å². The molecule has 0 unspecified atom stereocenters. The van der Waals surface area contributed by atoms with Crippen molar-refractivity contribution in [1.29, 1.82) is 5.26 Å². The van der Waals surface area contributed by atoms with Crippen molar-refractivity contribution in [3.05, 3.63) is 66.2 Å². The molecule has 2 aromatic rings. The van der Waals surface area contributed by atoms with Crippen molar-refractivity contribution in [2.24, 2.45) is 10.2 Å². The van der Waals surface area contributed by atoms with Gasteiger partial charge in [-0.2, -0.15) is 15.5 Å². The number of hydrogen-bond acceptors (Lipinski definition) is 7. The van der Waals surface area contributed by atoms with Gasteiger partial charge in [0.2, 0.25) is 19.5 Å². The molecule has 2 rings (SSSR count). The second-order valence-corrected chi connectivity index (χ2v) is 9.11. The van der Waals surface area contributed by atoms with Crippen LogP contribution in [-0.2, 0) is 13.6 Å². The molecule has 0 aromatic heterocycles. The Morgan fingerprint density at radius 3 is 2.09 bits per heavy atom. The summed E-state index contributed by atoms with van der Waals surface area (Å²) >= 11 is 0. The van der Waals surface area contributed by atoms with Crippen molar-refractivity contribution in [1.82, 2.24) is 0 Å². The van der Waals surface area contributed by atoms with E-state index in [9.17, 15) is 4.79 Å². The summed E-state index contributed by atoms with van der Waals surface area (Å²) in [6.07, 6.45) is 1.72. The fraction of sp³-hybridized carbons (Fsp3) is 0.304. The SMILES string of the molecule is C=C(C)C(=O)OCCC[Si]O[Si]CCCOc1ccc(N=Nc2ccc(C#N)cc2)cc1. The molecule has 2 aromatic carbocycles. The highest BCUT2D eigenvalue weighted by atomic mass is 28.3. The molecule has 0 aliphatic rings. The van der Waals surface area contributed by atoms with Crippen molar-refractivity contribution in [2.45, 2.75) is 31.9 Å². The van der Waals surface area contributed by atoms with Crippen molar-refractivity contribution in [2.75, 3.05) is 13.2 Å². The minimum Gasteiger partial charge on any atom is -0.494 e. The van der Waals surface area contributed by atoms with Gasteiger partial charge in [-0.05, 0) is 80.4 Å². The van der Waals surface area contributed by atoms with Gasteiger partial charge in [0.05, 0.1) is 36.2 Å². The maximum Gasteiger partial charge on any atom is 0.333 e. The van der Waals surface area contributed by atoms with Crippen LogP contribution in [0.25, 0.3) is 0 Å². The van der Waals surface area contributed by atoms with Gasteiger partial charge in [-0.1, -0.05) is 6.58 Å². The predicted octanol–water partition coefficient (Wildman–Crippen LogP) is 5.34. The summed E-state index contributed by atoms with van der Waals surface area (Å²) in [4.78, 5) is 11.2. The lowest BCUT2D eigenvalue weighted by Gasteiger charge is -2.06. The van der Waals surface area contributed by atoms with Crippen molar-refractivity contribution < 1.29 is 18.4 Å². The molecule has 164 valence electrons. The standard InChI is InChI=1S/C23H25N3O4Si2/c1-18(2)23(27)29-14-4-16-32-30-31-15-3-13-28-22-11-9-21(10-12-22)26-25-20-7-5-19(17-24)6-8-20/h5-12H,1,3-4,13-16H2,2H3. The highest BCUT2D eigenvalue weighted by molar-refractivity contribution is 6.42. The number of hydrogen-bond donors (Lipinski definition) is 0. The molecule has 0 aliphatic heterocycles. The van der Waals surface area contributed by atoms with E-state index in [4.69, 9.17) is 18.9 Å². The minimum atomic E-state index is -0.335. The largest absolute Gasteiger partial charge is 0.494 e. The van der Waals surface area contributed by atoms with E-state index in [0.29, 0.717) is 49.6 Å². The lowest BCUT2D eigenvalue weighted by molar-refractivity contribution is -0.138. The molecule has 0 aliphatic carbocycles. The third-order valence-electron chi connectivity index (χ3n) is 3.96. The Hall–Kier alpha value is -3.07. The van der Waals surface area contributed by atoms with Crippen LogP contribution >= 0.6 is 0 Å². The molecular formula is C23H25N3O4Si2. The zero-order valence-electron chi connectivity index (χ0n) is 18.0. The number of ether oxygens (including phenoxy) is 2. The Balaban J connectivity index is 1.52. The molecule has 7 nitrogen and oxygen atoms in total. The van der Waals surface area contributed by atoms with Crippen molar-refractivity contribution >= 4 is 36.9 Å². The molecular weight excluding hydrogens is 438 g/mol. The summed E-state index contributed by atoms with van der Waals surface area (Å²) in [7, 11) is 0.877. The monoisotopic (exact) mass is 463 g/mol. The molecule has 0 atom stereocenters. The summed E-state index contributed by atoms with van der Waals surface area (Å²) < 4.78 is 16.4. The number of carbonyl (C=O) groups is 1. The van der Waals surface area contributed by atoms with Gasteiger partial charge in [0.25, 0.3) is 0 Å². The van der Waals surface area contributed by atoms with Crippen LogP contribution in [0.1, 0.15) is 25.3 Å². The van der Waals surface area contributed by atoms with Gasteiger partial charge in [0.1, 0.15) is 5.75 Å². The average Bonchev–Trinajstić information content (AvgIpc) is 2.82. The van der Waals surface area contributed by atoms with E-state index >= 15 is 0 Å². The van der Waals surface area contributed by atoms with E-state index < -0.39 is 0 Å². The van der Waals surface area contributed by atoms with E-state index in [1.165, 1.54) is 0 Å². The first kappa shape index (κ1) is 25.2. The van der Waals surface area contributed by atoms with Gasteiger partial charge < -0.3 is 13.6 Å². The molecule has 0 fully saturated rings. The second kappa shape index (κ2) is 14.9. The van der Waals surface area contributed by atoms with Gasteiger partial charge in [-0.25, -0.2) is 4.79 Å². The first-order chi connectivity index (χ1) is 15.6. The quantitative estimate of drug-likeness (QED) is 0.124. The number of nitrogens with zero attached hydrogens (tertiary/aromatic N) is 3. The smallest absolute Gasteiger partial charge is 0.333 e. The average molecular weight is 464 g/mol. The predicted molar refractivity (Wildman–Crippen MR) is 124 cm³/mol. The Labute approximate surface area is 194 Å². The molecule has 4 radical (unpaired) electrons. The molecule has 0 saturated heterocycles. The van der Waals surface area contributed by atoms with E-state index in [0.717, 1.165) is 36.4 Å². The summed E-state index contributed by atoms with van der Waals surface area (Å²) in [5, 5.41) is 17.2. The third kappa shape index (κ3) is 10.3. The normalized spacial score (nSPS) is 10.6. The molecule has 0 N–H and O–H groups in total. The number of rotatable bonds is 14. The van der Waals surface area contributed by atoms with Crippen LogP contribution in [0.3, 0.4) is 0 Å². The third-order valence-corrected chi connectivity index (χ3v) is 6.23. The molecule has 0 bridgehead atoms. The van der Waals surface area contributed by atoms with Crippen molar-refractivity contribution in [3.8, 4) is 11.8 Å². The van der Waals surface area contributed by atoms with E-state index in [1.54, 1.807) is 31.2 Å². The first-order valence-electron chi connectivity index (χ1n) is 10.2. The fourth-order valence-electron chi connectivity index (χ4n) is 2.25. The molecule has 9 heteroatoms. The van der Waals surface area contributed by atoms with Crippen LogP contribution in [-0.4, -0.2) is 38.7 Å². The summed E-state index contributed by atoms with van der Waals surface area (Å²) in [6.45, 7) is 6.22. The fourth-order valence-corrected chi connectivity index (χ4v) is 4.05. The minimum absolute atomic E-state index is 0.335. The Morgan fingerprint density at radius 2 is 1.53 bits per heavy atom. The number of benzene rings is 2. The maximum atomic E-state index is 11.2. The maximum absolute atomic E-state index is 11.2. The van der Waals surface area contributed by atoms with Gasteiger partial charge in [0.15, 0.2) is 0 Å². The highest BCUT2D eigenvalue weighted by Gasteiger charge is 2.02. The highest BCUT2D eigenvalue weighted by Crippen LogP contribution is 2.21. The molecule has 0 spiro atoms. The van der Waals surface area contributed by atoms with E-state index in [2.05, 4.69) is 22.9 Å². The summed E-state index contributed by atoms with van der Waals surface area (Å²) in [5.41, 5.74) is 2.44. The lowest BCUT2D eigenvalue weighted by atomic mass is 10.2. The number of esters is 1. The number of nitriles is 1. The van der Waals surface area contributed by atoms with E-state index in [-0.39, 0.29) is 5.97 Å². The zero-order chi connectivity index (χ0) is 23.0. The van der Waals surface area contributed by atoms with Gasteiger partial charge in [-0.15, -0.1) is 0 Å². The Kier molecular flexibility index (Phi) is 11.7. The summed E-state index contributed by atoms with van der Waals surface area (Å²) in [6, 6.07) is 18.3. The molecule has 0 amide bonds. The van der Waals surface area contributed by atoms with Crippen LogP contribution in [0.5, 0.6) is 5.75 Å². The summed E-state index contributed by atoms with van der Waals surface area (Å²) in [5.74, 6) is 0.455. The second-order valence-electron chi connectivity index (χ2n) is 6.72. The van der Waals surface area contributed by atoms with Gasteiger partial charge in [0, 0.05) is 5.57 Å². The van der Waals surface area contributed by atoms with Gasteiger partial charge >= 0.3 is 5.97 Å². The Morgan fingerprint density at radius 1 is 0.969 bits per heavy atom. The molecule has 32 heavy (non-hydrogen) atoms. The van der Waals surface area contributed by atoms with Crippen LogP contribution < -0.4 is 4.74 Å². The van der Waals surface area contributed by atoms with Crippen LogP contribution in [0, 0.1) is 11.3 Å². The lowest BCUT2D eigenvalue weighted by Crippen LogP contribution is -2.09. The molecule has 0 heterocycles. The zero-order valence-corrected chi connectivity index (χ0v) is 20.0. The van der Waals surface area contributed by atoms with E-state index in [1.807, 2.05) is 24.3 Å². The van der Waals surface area contributed by atoms with Crippen LogP contribution in [0.2, 0.25) is 12.1 Å². The van der Waals surface area contributed by atoms with Crippen LogP contribution in [0.4, 0.5) is 11.4 Å². The number of carbonyl (C=O) groups excluding carboxylic acids is 1. The van der Waals surface area contributed by atoms with Crippen LogP contribution in [0.15, 0.2) is 70.9 Å². The topological polar surface area (TPSA) is 93.3 Å². The first-order valence-corrected chi connectivity index (χ1v) is 12.4. The van der Waals surface area contributed by atoms with Crippen molar-refractivity contribution in [3.63, 3.8) is 0 Å². The Bertz CT molecular complexity index is 926. The molecule has 0 saturated carbocycles.